The lowest BCUT2D eigenvalue weighted by Crippen LogP contribution is -2.41. The molecule has 1 aromatic carbocycles. The molecule has 13 heteroatoms. The number of rotatable bonds is 4. The summed E-state index contributed by atoms with van der Waals surface area (Å²) in [7, 11) is -4.65. The number of hydrogen-bond acceptors (Lipinski definition) is 5. The molecule has 0 bridgehead atoms. The van der Waals surface area contributed by atoms with E-state index in [0.29, 0.717) is 10.1 Å². The second-order valence-electron chi connectivity index (χ2n) is 7.98. The third-order valence-electron chi connectivity index (χ3n) is 4.96. The molecule has 0 unspecified atom stereocenters. The van der Waals surface area contributed by atoms with E-state index in [9.17, 15) is 21.6 Å². The zero-order chi connectivity index (χ0) is 22.0. The van der Waals surface area contributed by atoms with Gasteiger partial charge in [-0.05, 0) is 45.3 Å². The van der Waals surface area contributed by atoms with Crippen molar-refractivity contribution in [1.82, 2.24) is 9.78 Å². The summed E-state index contributed by atoms with van der Waals surface area (Å²) in [5.41, 5.74) is -0.913. The summed E-state index contributed by atoms with van der Waals surface area (Å²) >= 11 is 6.32. The minimum Gasteiger partial charge on any atom is -0.399 e. The van der Waals surface area contributed by atoms with Crippen LogP contribution in [0.15, 0.2) is 12.1 Å². The Kier molecular flexibility index (Phi) is 5.17. The molecule has 0 spiro atoms. The second-order valence-corrected chi connectivity index (χ2v) is 10.1. The van der Waals surface area contributed by atoms with Gasteiger partial charge < -0.3 is 9.31 Å². The first-order valence-corrected chi connectivity index (χ1v) is 10.9. The number of fused-ring (bicyclic) bond motifs is 1. The highest BCUT2D eigenvalue weighted by Gasteiger charge is 2.52. The molecule has 0 atom stereocenters. The van der Waals surface area contributed by atoms with Gasteiger partial charge in [0.2, 0.25) is 10.0 Å². The predicted octanol–water partition coefficient (Wildman–Crippen LogP) is 2.92. The Bertz CT molecular complexity index is 1050. The van der Waals surface area contributed by atoms with E-state index < -0.39 is 41.1 Å². The fourth-order valence-electron chi connectivity index (χ4n) is 2.93. The van der Waals surface area contributed by atoms with Crippen LogP contribution in [0.5, 0.6) is 0 Å². The van der Waals surface area contributed by atoms with Crippen LogP contribution in [0.25, 0.3) is 10.9 Å². The highest BCUT2D eigenvalue weighted by atomic mass is 35.5. The molecular weight excluding hydrogens is 434 g/mol. The maximum Gasteiger partial charge on any atom is 0.494 e. The Morgan fingerprint density at radius 2 is 1.76 bits per heavy atom. The maximum atomic E-state index is 13.0. The molecule has 1 fully saturated rings. The lowest BCUT2D eigenvalue weighted by atomic mass is 9.79. The van der Waals surface area contributed by atoms with Gasteiger partial charge in [-0.25, -0.2) is 8.42 Å². The molecule has 1 aliphatic rings. The molecule has 1 aliphatic heterocycles. The molecule has 0 saturated carbocycles. The number of alkyl halides is 3. The van der Waals surface area contributed by atoms with Crippen LogP contribution in [0, 0.1) is 0 Å². The van der Waals surface area contributed by atoms with Crippen molar-refractivity contribution in [3.8, 4) is 0 Å². The summed E-state index contributed by atoms with van der Waals surface area (Å²) in [5, 5.41) is 3.86. The van der Waals surface area contributed by atoms with E-state index in [1.54, 1.807) is 0 Å². The molecular formula is C16H20BClF3N3O4S. The molecule has 1 N–H and O–H groups in total. The number of benzene rings is 1. The van der Waals surface area contributed by atoms with E-state index >= 15 is 0 Å². The molecule has 0 amide bonds. The van der Waals surface area contributed by atoms with Crippen LogP contribution < -0.4 is 10.2 Å². The van der Waals surface area contributed by atoms with Crippen LogP contribution in [0.3, 0.4) is 0 Å². The summed E-state index contributed by atoms with van der Waals surface area (Å²) in [4.78, 5) is 0. The zero-order valence-electron chi connectivity index (χ0n) is 16.4. The topological polar surface area (TPSA) is 82.5 Å². The second kappa shape index (κ2) is 6.76. The number of halogens is 4. The molecule has 2 heterocycles. The molecule has 7 nitrogen and oxygen atoms in total. The smallest absolute Gasteiger partial charge is 0.399 e. The SMILES string of the molecule is CC1(C)OB(c2cc(Cl)c3c(NS(C)(=O)=O)nn(CC(F)(F)F)c3c2)OC1(C)C. The molecule has 1 aromatic heterocycles. The summed E-state index contributed by atoms with van der Waals surface area (Å²) in [5.74, 6) is -0.280. The molecule has 0 radical (unpaired) electrons. The minimum atomic E-state index is -4.58. The number of hydrogen-bond donors (Lipinski definition) is 1. The van der Waals surface area contributed by atoms with E-state index in [2.05, 4.69) is 9.82 Å². The molecule has 29 heavy (non-hydrogen) atoms. The highest BCUT2D eigenvalue weighted by molar-refractivity contribution is 7.92. The van der Waals surface area contributed by atoms with E-state index in [1.165, 1.54) is 12.1 Å². The highest BCUT2D eigenvalue weighted by Crippen LogP contribution is 2.38. The van der Waals surface area contributed by atoms with Gasteiger partial charge in [-0.3, -0.25) is 9.40 Å². The van der Waals surface area contributed by atoms with E-state index in [4.69, 9.17) is 20.9 Å². The normalized spacial score (nSPS) is 19.1. The van der Waals surface area contributed by atoms with Crippen molar-refractivity contribution >= 4 is 50.9 Å². The van der Waals surface area contributed by atoms with Crippen molar-refractivity contribution in [3.63, 3.8) is 0 Å². The number of sulfonamides is 1. The van der Waals surface area contributed by atoms with Crippen LogP contribution >= 0.6 is 11.6 Å². The number of anilines is 1. The van der Waals surface area contributed by atoms with Gasteiger partial charge in [0.25, 0.3) is 0 Å². The van der Waals surface area contributed by atoms with Gasteiger partial charge in [0.15, 0.2) is 5.82 Å². The molecule has 1 saturated heterocycles. The van der Waals surface area contributed by atoms with Crippen molar-refractivity contribution in [2.45, 2.75) is 51.6 Å². The van der Waals surface area contributed by atoms with Crippen molar-refractivity contribution in [2.75, 3.05) is 11.0 Å². The average molecular weight is 454 g/mol. The first-order valence-electron chi connectivity index (χ1n) is 8.59. The summed E-state index contributed by atoms with van der Waals surface area (Å²) in [6.07, 6.45) is -3.71. The summed E-state index contributed by atoms with van der Waals surface area (Å²) in [6, 6.07) is 2.88. The van der Waals surface area contributed by atoms with Crippen LogP contribution in [0.1, 0.15) is 27.7 Å². The quantitative estimate of drug-likeness (QED) is 0.720. The largest absolute Gasteiger partial charge is 0.494 e. The Balaban J connectivity index is 2.16. The lowest BCUT2D eigenvalue weighted by Gasteiger charge is -2.32. The summed E-state index contributed by atoms with van der Waals surface area (Å²) < 4.78 is 77.0. The molecule has 2 aromatic rings. The van der Waals surface area contributed by atoms with Gasteiger partial charge in [-0.1, -0.05) is 11.6 Å². The van der Waals surface area contributed by atoms with Gasteiger partial charge in [0.1, 0.15) is 6.54 Å². The number of nitrogens with zero attached hydrogens (tertiary/aromatic N) is 2. The Hall–Kier alpha value is -1.50. The fraction of sp³-hybridized carbons (Fsp3) is 0.562. The summed E-state index contributed by atoms with van der Waals surface area (Å²) in [6.45, 7) is 5.95. The van der Waals surface area contributed by atoms with Crippen molar-refractivity contribution in [1.29, 1.82) is 0 Å². The molecule has 160 valence electrons. The van der Waals surface area contributed by atoms with Gasteiger partial charge in [0, 0.05) is 0 Å². The van der Waals surface area contributed by atoms with E-state index in [-0.39, 0.29) is 21.7 Å². The third kappa shape index (κ3) is 4.49. The van der Waals surface area contributed by atoms with Crippen molar-refractivity contribution in [3.05, 3.63) is 17.2 Å². The van der Waals surface area contributed by atoms with Gasteiger partial charge in [-0.15, -0.1) is 0 Å². The average Bonchev–Trinajstić information content (AvgIpc) is 2.90. The Labute approximate surface area is 171 Å². The van der Waals surface area contributed by atoms with Crippen LogP contribution in [0.2, 0.25) is 5.02 Å². The Morgan fingerprint density at radius 3 is 2.24 bits per heavy atom. The molecule has 3 rings (SSSR count). The standard InChI is InChI=1S/C16H20BClF3N3O4S/c1-14(2)15(3,4)28-17(27-14)9-6-10(18)12-11(7-9)24(8-16(19,20)21)22-13(12)23-29(5,25)26/h6-7H,8H2,1-5H3,(H,22,23). The lowest BCUT2D eigenvalue weighted by molar-refractivity contribution is -0.141. The number of nitrogens with one attached hydrogen (secondary N) is 1. The zero-order valence-corrected chi connectivity index (χ0v) is 18.0. The first-order chi connectivity index (χ1) is 13.0. The van der Waals surface area contributed by atoms with E-state index in [1.807, 2.05) is 27.7 Å². The first kappa shape index (κ1) is 22.2. The van der Waals surface area contributed by atoms with Crippen LogP contribution in [0.4, 0.5) is 19.0 Å². The van der Waals surface area contributed by atoms with Gasteiger partial charge in [-0.2, -0.15) is 18.3 Å². The van der Waals surface area contributed by atoms with Crippen molar-refractivity contribution in [2.24, 2.45) is 0 Å². The minimum absolute atomic E-state index is 0.00527. The third-order valence-corrected chi connectivity index (χ3v) is 5.83. The van der Waals surface area contributed by atoms with Crippen LogP contribution in [-0.4, -0.2) is 49.0 Å². The predicted molar refractivity (Wildman–Crippen MR) is 105 cm³/mol. The fourth-order valence-corrected chi connectivity index (χ4v) is 3.73. The van der Waals surface area contributed by atoms with Gasteiger partial charge >= 0.3 is 13.3 Å². The van der Waals surface area contributed by atoms with E-state index in [0.717, 1.165) is 6.26 Å². The molecule has 0 aliphatic carbocycles. The number of aromatic nitrogens is 2. The van der Waals surface area contributed by atoms with Crippen molar-refractivity contribution < 1.29 is 30.9 Å². The Morgan fingerprint density at radius 1 is 1.21 bits per heavy atom. The monoisotopic (exact) mass is 453 g/mol. The van der Waals surface area contributed by atoms with Gasteiger partial charge in [0.05, 0.1) is 33.4 Å². The maximum absolute atomic E-state index is 13.0. The van der Waals surface area contributed by atoms with Crippen LogP contribution in [-0.2, 0) is 25.9 Å².